The second-order valence-electron chi connectivity index (χ2n) is 2.81. The van der Waals surface area contributed by atoms with Gasteiger partial charge in [0.05, 0.1) is 0 Å². The minimum Gasteiger partial charge on any atom is -0.303 e. The molecule has 68 valence electrons. The number of aryl methyl sites for hydroxylation is 1. The molecule has 1 aromatic carbocycles. The Morgan fingerprint density at radius 1 is 1.46 bits per heavy atom. The number of hydrogen-bond donors (Lipinski definition) is 0. The van der Waals surface area contributed by atoms with Crippen LogP contribution in [0.5, 0.6) is 0 Å². The highest BCUT2D eigenvalue weighted by atomic mass is 35.5. The van der Waals surface area contributed by atoms with Gasteiger partial charge in [-0.15, -0.1) is 0 Å². The van der Waals surface area contributed by atoms with Gasteiger partial charge in [-0.25, -0.2) is 0 Å². The summed E-state index contributed by atoms with van der Waals surface area (Å²) in [5, 5.41) is 0.758. The van der Waals surface area contributed by atoms with Crippen LogP contribution in [0.15, 0.2) is 24.3 Å². The van der Waals surface area contributed by atoms with E-state index < -0.39 is 0 Å². The fourth-order valence-corrected chi connectivity index (χ4v) is 1.16. The van der Waals surface area contributed by atoms with Crippen molar-refractivity contribution in [1.82, 2.24) is 0 Å². The number of aldehydes is 1. The maximum atomic E-state index is 10.0. The van der Waals surface area contributed by atoms with E-state index in [0.717, 1.165) is 22.4 Å². The van der Waals surface area contributed by atoms with E-state index >= 15 is 0 Å². The monoisotopic (exact) mass is 194 g/mol. The number of carbonyl (C=O) groups is 1. The molecule has 0 aliphatic heterocycles. The highest BCUT2D eigenvalue weighted by molar-refractivity contribution is 6.31. The fraction of sp³-hybridized carbons (Fsp3) is 0.182. The predicted molar refractivity (Wildman–Crippen MR) is 55.9 cm³/mol. The van der Waals surface area contributed by atoms with Crippen molar-refractivity contribution in [2.75, 3.05) is 0 Å². The molecule has 13 heavy (non-hydrogen) atoms. The molecule has 0 aliphatic rings. The molecular weight excluding hydrogens is 184 g/mol. The van der Waals surface area contributed by atoms with Crippen LogP contribution in [0.2, 0.25) is 5.02 Å². The first-order valence-corrected chi connectivity index (χ1v) is 4.48. The minimum absolute atomic E-state index is 0.450. The SMILES string of the molecule is Cc1ccc(C=CCC=O)cc1Cl. The smallest absolute Gasteiger partial charge is 0.123 e. The lowest BCUT2D eigenvalue weighted by Gasteiger charge is -1.98. The van der Waals surface area contributed by atoms with Crippen LogP contribution in [-0.4, -0.2) is 6.29 Å². The first-order valence-electron chi connectivity index (χ1n) is 4.10. The van der Waals surface area contributed by atoms with Gasteiger partial charge in [0.25, 0.3) is 0 Å². The Morgan fingerprint density at radius 3 is 2.85 bits per heavy atom. The Kier molecular flexibility index (Phi) is 3.71. The summed E-state index contributed by atoms with van der Waals surface area (Å²) in [6.45, 7) is 1.96. The van der Waals surface area contributed by atoms with Gasteiger partial charge in [0.15, 0.2) is 0 Å². The number of halogens is 1. The van der Waals surface area contributed by atoms with Crippen LogP contribution in [-0.2, 0) is 4.79 Å². The van der Waals surface area contributed by atoms with Crippen LogP contribution < -0.4 is 0 Å². The quantitative estimate of drug-likeness (QED) is 0.676. The molecule has 0 atom stereocenters. The molecule has 0 radical (unpaired) electrons. The van der Waals surface area contributed by atoms with E-state index in [1.807, 2.05) is 37.3 Å². The highest BCUT2D eigenvalue weighted by Gasteiger charge is 1.93. The van der Waals surface area contributed by atoms with Gasteiger partial charge >= 0.3 is 0 Å². The Labute approximate surface area is 83.0 Å². The molecule has 0 spiro atoms. The third-order valence-electron chi connectivity index (χ3n) is 1.74. The molecule has 1 nitrogen and oxygen atoms in total. The molecule has 2 heteroatoms. The molecule has 0 saturated carbocycles. The molecule has 0 fully saturated rings. The normalized spacial score (nSPS) is 10.6. The number of benzene rings is 1. The summed E-state index contributed by atoms with van der Waals surface area (Å²) in [7, 11) is 0. The Bertz CT molecular complexity index is 329. The summed E-state index contributed by atoms with van der Waals surface area (Å²) in [5.41, 5.74) is 2.09. The number of rotatable bonds is 3. The van der Waals surface area contributed by atoms with Crippen molar-refractivity contribution in [2.45, 2.75) is 13.3 Å². The molecule has 0 aliphatic carbocycles. The zero-order valence-electron chi connectivity index (χ0n) is 7.46. The molecule has 0 aromatic heterocycles. The van der Waals surface area contributed by atoms with Crippen LogP contribution in [0.1, 0.15) is 17.5 Å². The van der Waals surface area contributed by atoms with E-state index in [0.29, 0.717) is 6.42 Å². The van der Waals surface area contributed by atoms with Crippen LogP contribution in [0.3, 0.4) is 0 Å². The molecular formula is C11H11ClO. The lowest BCUT2D eigenvalue weighted by Crippen LogP contribution is -1.77. The fourth-order valence-electron chi connectivity index (χ4n) is 0.972. The van der Waals surface area contributed by atoms with Crippen molar-refractivity contribution in [3.8, 4) is 0 Å². The van der Waals surface area contributed by atoms with E-state index in [2.05, 4.69) is 0 Å². The van der Waals surface area contributed by atoms with Gasteiger partial charge in [-0.05, 0) is 24.1 Å². The molecule has 0 unspecified atom stereocenters. The summed E-state index contributed by atoms with van der Waals surface area (Å²) in [5.74, 6) is 0. The van der Waals surface area contributed by atoms with Crippen LogP contribution >= 0.6 is 11.6 Å². The number of hydrogen-bond acceptors (Lipinski definition) is 1. The first-order chi connectivity index (χ1) is 6.24. The zero-order chi connectivity index (χ0) is 9.68. The Balaban J connectivity index is 2.79. The van der Waals surface area contributed by atoms with E-state index in [4.69, 9.17) is 11.6 Å². The Hall–Kier alpha value is -1.08. The topological polar surface area (TPSA) is 17.1 Å². The summed E-state index contributed by atoms with van der Waals surface area (Å²) >= 11 is 5.92. The van der Waals surface area contributed by atoms with Gasteiger partial charge in [-0.3, -0.25) is 0 Å². The lowest BCUT2D eigenvalue weighted by atomic mass is 10.1. The van der Waals surface area contributed by atoms with E-state index in [-0.39, 0.29) is 0 Å². The zero-order valence-corrected chi connectivity index (χ0v) is 8.21. The number of allylic oxidation sites excluding steroid dienone is 1. The average molecular weight is 195 g/mol. The molecule has 0 amide bonds. The standard InChI is InChI=1S/C11H11ClO/c1-9-5-6-10(8-11(9)12)4-2-3-7-13/h2,4-8H,3H2,1H3. The van der Waals surface area contributed by atoms with Crippen LogP contribution in [0.25, 0.3) is 6.08 Å². The van der Waals surface area contributed by atoms with Crippen molar-refractivity contribution >= 4 is 24.0 Å². The predicted octanol–water partition coefficient (Wildman–Crippen LogP) is 3.25. The number of carbonyl (C=O) groups excluding carboxylic acids is 1. The second-order valence-corrected chi connectivity index (χ2v) is 3.22. The highest BCUT2D eigenvalue weighted by Crippen LogP contribution is 2.17. The van der Waals surface area contributed by atoms with Gasteiger partial charge in [0.1, 0.15) is 6.29 Å². The average Bonchev–Trinajstić information content (AvgIpc) is 2.12. The largest absolute Gasteiger partial charge is 0.303 e. The molecule has 0 bridgehead atoms. The summed E-state index contributed by atoms with van der Waals surface area (Å²) < 4.78 is 0. The maximum absolute atomic E-state index is 10.0. The summed E-state index contributed by atoms with van der Waals surface area (Å²) in [6.07, 6.45) is 5.02. The lowest BCUT2D eigenvalue weighted by molar-refractivity contribution is -0.107. The van der Waals surface area contributed by atoms with Crippen molar-refractivity contribution < 1.29 is 4.79 Å². The maximum Gasteiger partial charge on any atom is 0.123 e. The van der Waals surface area contributed by atoms with Crippen molar-refractivity contribution in [3.63, 3.8) is 0 Å². The van der Waals surface area contributed by atoms with Crippen molar-refractivity contribution in [1.29, 1.82) is 0 Å². The molecule has 0 saturated heterocycles. The van der Waals surface area contributed by atoms with Crippen LogP contribution in [0, 0.1) is 6.92 Å². The van der Waals surface area contributed by atoms with Crippen molar-refractivity contribution in [3.05, 3.63) is 40.4 Å². The van der Waals surface area contributed by atoms with E-state index in [1.54, 1.807) is 0 Å². The van der Waals surface area contributed by atoms with Gasteiger partial charge in [0.2, 0.25) is 0 Å². The van der Waals surface area contributed by atoms with Crippen LogP contribution in [0.4, 0.5) is 0 Å². The minimum atomic E-state index is 0.450. The summed E-state index contributed by atoms with van der Waals surface area (Å²) in [6, 6.07) is 5.82. The third kappa shape index (κ3) is 3.03. The second kappa shape index (κ2) is 4.83. The molecule has 1 rings (SSSR count). The molecule has 0 N–H and O–H groups in total. The molecule has 0 heterocycles. The molecule has 1 aromatic rings. The van der Waals surface area contributed by atoms with E-state index in [1.165, 1.54) is 0 Å². The van der Waals surface area contributed by atoms with Gasteiger partial charge in [-0.1, -0.05) is 35.9 Å². The van der Waals surface area contributed by atoms with E-state index in [9.17, 15) is 4.79 Å². The van der Waals surface area contributed by atoms with Gasteiger partial charge < -0.3 is 4.79 Å². The van der Waals surface area contributed by atoms with Gasteiger partial charge in [0, 0.05) is 11.4 Å². The van der Waals surface area contributed by atoms with Gasteiger partial charge in [-0.2, -0.15) is 0 Å². The third-order valence-corrected chi connectivity index (χ3v) is 2.15. The first kappa shape index (κ1) is 10.0. The van der Waals surface area contributed by atoms with Crippen molar-refractivity contribution in [2.24, 2.45) is 0 Å². The Morgan fingerprint density at radius 2 is 2.23 bits per heavy atom. The summed E-state index contributed by atoms with van der Waals surface area (Å²) in [4.78, 5) is 10.0.